The number of piperazine rings is 1. The molecule has 0 saturated carbocycles. The molecular weight excluding hydrogens is 476 g/mol. The highest BCUT2D eigenvalue weighted by molar-refractivity contribution is 5.81. The van der Waals surface area contributed by atoms with Gasteiger partial charge in [0.2, 0.25) is 5.91 Å². The lowest BCUT2D eigenvalue weighted by Crippen LogP contribution is -2.69. The molecule has 0 spiro atoms. The van der Waals surface area contributed by atoms with Crippen molar-refractivity contribution in [1.82, 2.24) is 15.5 Å². The van der Waals surface area contributed by atoms with Gasteiger partial charge in [-0.05, 0) is 55.9 Å². The van der Waals surface area contributed by atoms with Crippen molar-refractivity contribution < 1.29 is 29.6 Å². The summed E-state index contributed by atoms with van der Waals surface area (Å²) in [5.74, 6) is 0.592. The Hall–Kier alpha value is -3.05. The van der Waals surface area contributed by atoms with Crippen LogP contribution >= 0.6 is 0 Å². The van der Waals surface area contributed by atoms with Crippen LogP contribution in [0.25, 0.3) is 0 Å². The number of aliphatic hydroxyl groups is 1. The number of phenols is 2. The first-order chi connectivity index (χ1) is 17.6. The minimum absolute atomic E-state index is 0.00688. The summed E-state index contributed by atoms with van der Waals surface area (Å²) in [6.45, 7) is 5.51. The van der Waals surface area contributed by atoms with Crippen LogP contribution in [0.4, 0.5) is 0 Å². The number of carbonyl (C=O) groups excluding carboxylic acids is 1. The first-order valence-electron chi connectivity index (χ1n) is 12.6. The number of benzene rings is 2. The minimum atomic E-state index is -0.906. The molecule has 1 amide bonds. The topological polar surface area (TPSA) is 150 Å². The Morgan fingerprint density at radius 1 is 1.11 bits per heavy atom. The Labute approximate surface area is 216 Å². The van der Waals surface area contributed by atoms with Crippen LogP contribution in [0.3, 0.4) is 0 Å². The molecule has 5 rings (SSSR count). The van der Waals surface area contributed by atoms with Gasteiger partial charge in [-0.3, -0.25) is 9.69 Å². The summed E-state index contributed by atoms with van der Waals surface area (Å²) in [7, 11) is 3.05. The van der Waals surface area contributed by atoms with Crippen molar-refractivity contribution in [3.05, 3.63) is 45.5 Å². The predicted octanol–water partition coefficient (Wildman–Crippen LogP) is 1.05. The number of aliphatic hydroxyl groups excluding tert-OH is 1. The summed E-state index contributed by atoms with van der Waals surface area (Å²) in [4.78, 5) is 14.4. The van der Waals surface area contributed by atoms with Crippen LogP contribution in [0.2, 0.25) is 0 Å². The number of phenolic OH excluding ortho intramolecular Hbond substituents is 2. The summed E-state index contributed by atoms with van der Waals surface area (Å²) in [6, 6.07) is 1.86. The van der Waals surface area contributed by atoms with Crippen molar-refractivity contribution in [1.29, 1.82) is 0 Å². The van der Waals surface area contributed by atoms with Crippen LogP contribution in [0.15, 0.2) is 12.1 Å². The highest BCUT2D eigenvalue weighted by Gasteiger charge is 2.52. The molecule has 200 valence electrons. The standard InChI is InChI=1S/C27H36N4O6/c1-11-6-14-8-16-27(35)31-17(21(30-16)20(14)23(33)25(11)37-5)9-15-7-12(2)24(36-4)22(32)19(15)18(31)10-29-26(34)13(3)28/h6-7,13,16-18,21,27,30,32-33,35H,8-10,28H2,1-5H3,(H,29,34). The van der Waals surface area contributed by atoms with Gasteiger partial charge in [-0.15, -0.1) is 0 Å². The summed E-state index contributed by atoms with van der Waals surface area (Å²) in [5.41, 5.74) is 10.7. The first kappa shape index (κ1) is 25.6. The molecule has 1 fully saturated rings. The predicted molar refractivity (Wildman–Crippen MR) is 137 cm³/mol. The molecule has 1 saturated heterocycles. The van der Waals surface area contributed by atoms with Gasteiger partial charge in [0.25, 0.3) is 0 Å². The number of hydrogen-bond acceptors (Lipinski definition) is 9. The molecule has 0 aromatic heterocycles. The molecule has 0 radical (unpaired) electrons. The Balaban J connectivity index is 1.67. The molecule has 6 atom stereocenters. The molecule has 3 aliphatic heterocycles. The zero-order valence-electron chi connectivity index (χ0n) is 21.8. The molecule has 6 unspecified atom stereocenters. The van der Waals surface area contributed by atoms with E-state index in [9.17, 15) is 20.1 Å². The van der Waals surface area contributed by atoms with E-state index in [1.165, 1.54) is 14.2 Å². The number of carbonyl (C=O) groups is 1. The number of methoxy groups -OCH3 is 2. The van der Waals surface area contributed by atoms with E-state index in [-0.39, 0.29) is 42.1 Å². The molecule has 3 aliphatic rings. The normalized spacial score (nSPS) is 26.9. The Morgan fingerprint density at radius 2 is 1.68 bits per heavy atom. The average molecular weight is 513 g/mol. The van der Waals surface area contributed by atoms with Crippen LogP contribution in [-0.4, -0.2) is 71.2 Å². The lowest BCUT2D eigenvalue weighted by molar-refractivity contribution is -0.130. The third-order valence-corrected chi connectivity index (χ3v) is 8.12. The summed E-state index contributed by atoms with van der Waals surface area (Å²) >= 11 is 0. The number of amides is 1. The Bertz CT molecular complexity index is 1250. The highest BCUT2D eigenvalue weighted by atomic mass is 16.5. The van der Waals surface area contributed by atoms with Crippen LogP contribution in [0.5, 0.6) is 23.0 Å². The lowest BCUT2D eigenvalue weighted by Gasteiger charge is -2.56. The molecule has 7 N–H and O–H groups in total. The lowest BCUT2D eigenvalue weighted by atomic mass is 9.74. The Kier molecular flexibility index (Phi) is 6.47. The van der Waals surface area contributed by atoms with E-state index >= 15 is 0 Å². The quantitative estimate of drug-likeness (QED) is 0.346. The van der Waals surface area contributed by atoms with E-state index in [0.29, 0.717) is 29.9 Å². The van der Waals surface area contributed by atoms with Gasteiger partial charge in [-0.2, -0.15) is 0 Å². The fourth-order valence-electron chi connectivity index (χ4n) is 6.56. The van der Waals surface area contributed by atoms with Crippen molar-refractivity contribution in [3.63, 3.8) is 0 Å². The SMILES string of the molecule is COc1c(C)cc2c(c1O)C1NC(C2)C(O)N2C(CNC(=O)C(C)N)c3c(cc(C)c(OC)c3O)CC12. The number of hydrogen-bond donors (Lipinski definition) is 6. The number of nitrogens with one attached hydrogen (secondary N) is 2. The molecule has 10 nitrogen and oxygen atoms in total. The maximum absolute atomic E-state index is 12.4. The number of ether oxygens (including phenoxy) is 2. The summed E-state index contributed by atoms with van der Waals surface area (Å²) in [5, 5.41) is 40.7. The largest absolute Gasteiger partial charge is 0.504 e. The van der Waals surface area contributed by atoms with Gasteiger partial charge < -0.3 is 41.2 Å². The number of nitrogens with two attached hydrogens (primary N) is 1. The third-order valence-electron chi connectivity index (χ3n) is 8.12. The van der Waals surface area contributed by atoms with E-state index in [0.717, 1.165) is 27.8 Å². The highest BCUT2D eigenvalue weighted by Crippen LogP contribution is 2.52. The molecule has 10 heteroatoms. The van der Waals surface area contributed by atoms with E-state index in [1.54, 1.807) is 6.92 Å². The zero-order chi connectivity index (χ0) is 26.8. The second-order valence-corrected chi connectivity index (χ2v) is 10.4. The van der Waals surface area contributed by atoms with Crippen LogP contribution in [0, 0.1) is 13.8 Å². The third kappa shape index (κ3) is 3.90. The molecule has 2 aromatic rings. The first-order valence-corrected chi connectivity index (χ1v) is 12.6. The number of aromatic hydroxyl groups is 2. The van der Waals surface area contributed by atoms with Gasteiger partial charge in [0.1, 0.15) is 6.23 Å². The van der Waals surface area contributed by atoms with Crippen molar-refractivity contribution in [2.45, 2.75) is 70.0 Å². The number of aryl methyl sites for hydroxylation is 2. The fraction of sp³-hybridized carbons (Fsp3) is 0.519. The number of rotatable bonds is 5. The summed E-state index contributed by atoms with van der Waals surface area (Å²) < 4.78 is 11.0. The fourth-order valence-corrected chi connectivity index (χ4v) is 6.56. The van der Waals surface area contributed by atoms with Crippen LogP contribution in [0.1, 0.15) is 52.4 Å². The van der Waals surface area contributed by atoms with Crippen LogP contribution < -0.4 is 25.8 Å². The van der Waals surface area contributed by atoms with Crippen LogP contribution in [-0.2, 0) is 17.6 Å². The molecule has 0 aliphatic carbocycles. The number of nitrogens with zero attached hydrogens (tertiary/aromatic N) is 1. The van der Waals surface area contributed by atoms with E-state index in [1.807, 2.05) is 30.9 Å². The van der Waals surface area contributed by atoms with Gasteiger partial charge in [0.15, 0.2) is 23.0 Å². The molecule has 3 heterocycles. The van der Waals surface area contributed by atoms with Gasteiger partial charge in [0, 0.05) is 23.7 Å². The monoisotopic (exact) mass is 512 g/mol. The molecule has 2 aromatic carbocycles. The van der Waals surface area contributed by atoms with Gasteiger partial charge >= 0.3 is 0 Å². The summed E-state index contributed by atoms with van der Waals surface area (Å²) in [6.07, 6.45) is 0.0990. The van der Waals surface area contributed by atoms with E-state index in [4.69, 9.17) is 15.2 Å². The Morgan fingerprint density at radius 3 is 2.24 bits per heavy atom. The molecule has 2 bridgehead atoms. The van der Waals surface area contributed by atoms with Crippen molar-refractivity contribution in [3.8, 4) is 23.0 Å². The van der Waals surface area contributed by atoms with Crippen molar-refractivity contribution >= 4 is 5.91 Å². The second-order valence-electron chi connectivity index (χ2n) is 10.4. The second kappa shape index (κ2) is 9.36. The number of fused-ring (bicyclic) bond motifs is 7. The molecule has 37 heavy (non-hydrogen) atoms. The van der Waals surface area contributed by atoms with E-state index < -0.39 is 18.3 Å². The van der Waals surface area contributed by atoms with Crippen molar-refractivity contribution in [2.75, 3.05) is 20.8 Å². The van der Waals surface area contributed by atoms with Gasteiger partial charge in [0.05, 0.1) is 38.4 Å². The minimum Gasteiger partial charge on any atom is -0.504 e. The smallest absolute Gasteiger partial charge is 0.236 e. The maximum atomic E-state index is 12.4. The maximum Gasteiger partial charge on any atom is 0.236 e. The molecular formula is C27H36N4O6. The average Bonchev–Trinajstić information content (AvgIpc) is 2.84. The van der Waals surface area contributed by atoms with Crippen molar-refractivity contribution in [2.24, 2.45) is 5.73 Å². The van der Waals surface area contributed by atoms with E-state index in [2.05, 4.69) is 10.6 Å². The van der Waals surface area contributed by atoms with Gasteiger partial charge in [-0.25, -0.2) is 0 Å². The zero-order valence-corrected chi connectivity index (χ0v) is 21.8. The van der Waals surface area contributed by atoms with Gasteiger partial charge in [-0.1, -0.05) is 12.1 Å².